The van der Waals surface area contributed by atoms with Gasteiger partial charge < -0.3 is 10.2 Å². The highest BCUT2D eigenvalue weighted by Crippen LogP contribution is 2.48. The van der Waals surface area contributed by atoms with Crippen LogP contribution < -0.4 is 5.32 Å². The molecule has 1 aliphatic carbocycles. The van der Waals surface area contributed by atoms with E-state index in [4.69, 9.17) is 0 Å². The van der Waals surface area contributed by atoms with Crippen molar-refractivity contribution in [2.45, 2.75) is 25.3 Å². The van der Waals surface area contributed by atoms with E-state index in [9.17, 15) is 4.79 Å². The first-order chi connectivity index (χ1) is 9.16. The minimum atomic E-state index is 0.210. The Labute approximate surface area is 122 Å². The van der Waals surface area contributed by atoms with Crippen LogP contribution >= 0.6 is 15.9 Å². The first-order valence-electron chi connectivity index (χ1n) is 6.93. The molecule has 102 valence electrons. The Balaban J connectivity index is 1.65. The molecule has 1 aliphatic heterocycles. The fraction of sp³-hybridized carbons (Fsp3) is 0.533. The van der Waals surface area contributed by atoms with Crippen molar-refractivity contribution in [1.82, 2.24) is 10.2 Å². The van der Waals surface area contributed by atoms with Gasteiger partial charge in [-0.05, 0) is 37.0 Å². The molecule has 0 aromatic heterocycles. The summed E-state index contributed by atoms with van der Waals surface area (Å²) in [6, 6.07) is 8.70. The van der Waals surface area contributed by atoms with Gasteiger partial charge in [-0.1, -0.05) is 28.1 Å². The van der Waals surface area contributed by atoms with Crippen LogP contribution in [-0.4, -0.2) is 36.5 Å². The Hall–Kier alpha value is -0.870. The summed E-state index contributed by atoms with van der Waals surface area (Å²) in [4.78, 5) is 14.6. The standard InChI is InChI=1S/C15H19BrN2O/c1-10-9-17-6-7-18(10)15(19)14-8-13(14)11-2-4-12(16)5-3-11/h2-5,10,13-14,17H,6-9H2,1H3/t10-,13-,14+/m1/s1. The monoisotopic (exact) mass is 322 g/mol. The summed E-state index contributed by atoms with van der Waals surface area (Å²) in [5.41, 5.74) is 1.30. The summed E-state index contributed by atoms with van der Waals surface area (Å²) in [6.45, 7) is 4.82. The minimum absolute atomic E-state index is 0.210. The molecule has 1 N–H and O–H groups in total. The summed E-state index contributed by atoms with van der Waals surface area (Å²) in [5, 5.41) is 3.33. The fourth-order valence-corrected chi connectivity index (χ4v) is 3.19. The van der Waals surface area contributed by atoms with E-state index in [1.54, 1.807) is 0 Å². The average molecular weight is 323 g/mol. The fourth-order valence-electron chi connectivity index (χ4n) is 2.93. The zero-order valence-electron chi connectivity index (χ0n) is 11.1. The summed E-state index contributed by atoms with van der Waals surface area (Å²) in [5.74, 6) is 0.992. The first kappa shape index (κ1) is 13.1. The van der Waals surface area contributed by atoms with Crippen molar-refractivity contribution >= 4 is 21.8 Å². The molecule has 2 aliphatic rings. The third-order valence-electron chi connectivity index (χ3n) is 4.19. The highest BCUT2D eigenvalue weighted by molar-refractivity contribution is 9.10. The van der Waals surface area contributed by atoms with Gasteiger partial charge in [-0.25, -0.2) is 0 Å². The number of rotatable bonds is 2. The molecule has 4 heteroatoms. The maximum absolute atomic E-state index is 12.5. The Morgan fingerprint density at radius 2 is 2.11 bits per heavy atom. The zero-order chi connectivity index (χ0) is 13.4. The normalized spacial score (nSPS) is 30.2. The Morgan fingerprint density at radius 3 is 2.79 bits per heavy atom. The number of nitrogens with one attached hydrogen (secondary N) is 1. The molecule has 1 saturated heterocycles. The molecule has 1 saturated carbocycles. The van der Waals surface area contributed by atoms with Crippen molar-refractivity contribution in [2.75, 3.05) is 19.6 Å². The lowest BCUT2D eigenvalue weighted by atomic mass is 10.1. The maximum atomic E-state index is 12.5. The van der Waals surface area contributed by atoms with E-state index >= 15 is 0 Å². The number of carbonyl (C=O) groups excluding carboxylic acids is 1. The zero-order valence-corrected chi connectivity index (χ0v) is 12.7. The molecule has 1 aromatic rings. The molecular formula is C15H19BrN2O. The Morgan fingerprint density at radius 1 is 1.37 bits per heavy atom. The first-order valence-corrected chi connectivity index (χ1v) is 7.73. The lowest BCUT2D eigenvalue weighted by Crippen LogP contribution is -2.52. The molecule has 2 fully saturated rings. The Kier molecular flexibility index (Phi) is 3.63. The van der Waals surface area contributed by atoms with E-state index in [1.807, 2.05) is 0 Å². The lowest BCUT2D eigenvalue weighted by molar-refractivity contribution is -0.135. The summed E-state index contributed by atoms with van der Waals surface area (Å²) in [6.07, 6.45) is 1.01. The van der Waals surface area contributed by atoms with Crippen LogP contribution in [0.2, 0.25) is 0 Å². The van der Waals surface area contributed by atoms with E-state index < -0.39 is 0 Å². The summed E-state index contributed by atoms with van der Waals surface area (Å²) >= 11 is 3.45. The lowest BCUT2D eigenvalue weighted by Gasteiger charge is -2.34. The number of amides is 1. The third kappa shape index (κ3) is 2.70. The molecule has 19 heavy (non-hydrogen) atoms. The van der Waals surface area contributed by atoms with Crippen LogP contribution in [0.25, 0.3) is 0 Å². The highest BCUT2D eigenvalue weighted by Gasteiger charge is 2.46. The summed E-state index contributed by atoms with van der Waals surface area (Å²) in [7, 11) is 0. The van der Waals surface area contributed by atoms with E-state index in [0.29, 0.717) is 17.9 Å². The van der Waals surface area contributed by atoms with E-state index in [2.05, 4.69) is 57.3 Å². The minimum Gasteiger partial charge on any atom is -0.337 e. The van der Waals surface area contributed by atoms with E-state index in [0.717, 1.165) is 30.5 Å². The van der Waals surface area contributed by atoms with Gasteiger partial charge in [0.25, 0.3) is 0 Å². The number of hydrogen-bond donors (Lipinski definition) is 1. The van der Waals surface area contributed by atoms with Crippen molar-refractivity contribution in [3.63, 3.8) is 0 Å². The van der Waals surface area contributed by atoms with Gasteiger partial charge in [0.15, 0.2) is 0 Å². The van der Waals surface area contributed by atoms with Gasteiger partial charge in [0.2, 0.25) is 5.91 Å². The van der Waals surface area contributed by atoms with Crippen LogP contribution in [0.1, 0.15) is 24.8 Å². The number of nitrogens with zero attached hydrogens (tertiary/aromatic N) is 1. The number of benzene rings is 1. The van der Waals surface area contributed by atoms with Crippen molar-refractivity contribution in [3.8, 4) is 0 Å². The maximum Gasteiger partial charge on any atom is 0.226 e. The molecule has 0 radical (unpaired) electrons. The van der Waals surface area contributed by atoms with Crippen LogP contribution in [0.5, 0.6) is 0 Å². The molecule has 0 spiro atoms. The number of hydrogen-bond acceptors (Lipinski definition) is 2. The second-order valence-corrected chi connectivity index (χ2v) is 6.50. The molecular weight excluding hydrogens is 304 g/mol. The molecule has 0 bridgehead atoms. The molecule has 3 nitrogen and oxygen atoms in total. The number of halogens is 1. The van der Waals surface area contributed by atoms with Crippen LogP contribution in [0.15, 0.2) is 28.7 Å². The third-order valence-corrected chi connectivity index (χ3v) is 4.72. The van der Waals surface area contributed by atoms with Crippen molar-refractivity contribution < 1.29 is 4.79 Å². The van der Waals surface area contributed by atoms with Gasteiger partial charge in [0.05, 0.1) is 0 Å². The van der Waals surface area contributed by atoms with Gasteiger partial charge in [-0.2, -0.15) is 0 Å². The molecule has 3 atom stereocenters. The molecule has 0 unspecified atom stereocenters. The van der Waals surface area contributed by atoms with Gasteiger partial charge in [-0.15, -0.1) is 0 Å². The second-order valence-electron chi connectivity index (χ2n) is 5.59. The molecule has 1 aromatic carbocycles. The average Bonchev–Trinajstić information content (AvgIpc) is 3.20. The van der Waals surface area contributed by atoms with Gasteiger partial charge in [0.1, 0.15) is 0 Å². The second kappa shape index (κ2) is 5.25. The smallest absolute Gasteiger partial charge is 0.226 e. The van der Waals surface area contributed by atoms with Crippen molar-refractivity contribution in [1.29, 1.82) is 0 Å². The topological polar surface area (TPSA) is 32.3 Å². The van der Waals surface area contributed by atoms with Gasteiger partial charge in [-0.3, -0.25) is 4.79 Å². The summed E-state index contributed by atoms with van der Waals surface area (Å²) < 4.78 is 1.09. The molecule has 1 heterocycles. The van der Waals surface area contributed by atoms with Crippen LogP contribution in [0.4, 0.5) is 0 Å². The number of carbonyl (C=O) groups is 1. The van der Waals surface area contributed by atoms with Crippen LogP contribution in [-0.2, 0) is 4.79 Å². The Bertz CT molecular complexity index is 474. The van der Waals surface area contributed by atoms with E-state index in [-0.39, 0.29) is 5.92 Å². The van der Waals surface area contributed by atoms with Crippen molar-refractivity contribution in [2.24, 2.45) is 5.92 Å². The van der Waals surface area contributed by atoms with Crippen LogP contribution in [0.3, 0.4) is 0 Å². The van der Waals surface area contributed by atoms with E-state index in [1.165, 1.54) is 5.56 Å². The molecule has 3 rings (SSSR count). The predicted molar refractivity (Wildman–Crippen MR) is 79.0 cm³/mol. The molecule has 1 amide bonds. The van der Waals surface area contributed by atoms with Gasteiger partial charge in [0, 0.05) is 36.1 Å². The van der Waals surface area contributed by atoms with Crippen molar-refractivity contribution in [3.05, 3.63) is 34.3 Å². The SMILES string of the molecule is C[C@@H]1CNCCN1C(=O)[C@H]1C[C@@H]1c1ccc(Br)cc1. The van der Waals surface area contributed by atoms with Gasteiger partial charge >= 0.3 is 0 Å². The quantitative estimate of drug-likeness (QED) is 0.906. The van der Waals surface area contributed by atoms with Crippen LogP contribution in [0, 0.1) is 5.92 Å². The number of piperazine rings is 1. The highest BCUT2D eigenvalue weighted by atomic mass is 79.9. The largest absolute Gasteiger partial charge is 0.337 e. The predicted octanol–water partition coefficient (Wildman–Crippen LogP) is 2.37.